The highest BCUT2D eigenvalue weighted by Gasteiger charge is 2.38. The summed E-state index contributed by atoms with van der Waals surface area (Å²) in [5.74, 6) is -1.84. The van der Waals surface area contributed by atoms with Crippen LogP contribution in [0.15, 0.2) is 36.0 Å². The molecule has 1 fully saturated rings. The van der Waals surface area contributed by atoms with E-state index in [4.69, 9.17) is 14.2 Å². The number of nitrogens with one attached hydrogen (secondary N) is 1. The van der Waals surface area contributed by atoms with Gasteiger partial charge >= 0.3 is 11.9 Å². The molecule has 0 unspecified atom stereocenters. The van der Waals surface area contributed by atoms with Gasteiger partial charge in [-0.2, -0.15) is 0 Å². The van der Waals surface area contributed by atoms with Crippen LogP contribution in [0.4, 0.5) is 5.69 Å². The van der Waals surface area contributed by atoms with E-state index in [0.29, 0.717) is 6.61 Å². The smallest absolute Gasteiger partial charge is 0.350 e. The molecular weight excluding hydrogens is 442 g/mol. The Balaban J connectivity index is 1.49. The maximum absolute atomic E-state index is 12.0. The molecule has 0 aliphatic carbocycles. The number of rotatable bonds is 18. The molecule has 1 aromatic rings. The van der Waals surface area contributed by atoms with Crippen LogP contribution in [-0.4, -0.2) is 24.3 Å². The summed E-state index contributed by atoms with van der Waals surface area (Å²) in [6.45, 7) is 6.02. The summed E-state index contributed by atoms with van der Waals surface area (Å²) in [6, 6.07) is 7.40. The molecule has 2 rings (SSSR count). The summed E-state index contributed by atoms with van der Waals surface area (Å²) in [5.41, 5.74) is 0.564. The number of ether oxygens (including phenoxy) is 3. The van der Waals surface area contributed by atoms with Crippen molar-refractivity contribution in [1.82, 2.24) is 0 Å². The number of benzene rings is 1. The van der Waals surface area contributed by atoms with Crippen LogP contribution in [0.5, 0.6) is 5.75 Å². The number of hydrogen-bond donors (Lipinski definition) is 1. The SMILES string of the molecule is CCCCCCCCCCCCCCCCOc1ccc(NC=C2C(=O)OC(C)(C)OC2=O)cc1. The van der Waals surface area contributed by atoms with Gasteiger partial charge < -0.3 is 19.5 Å². The first-order chi connectivity index (χ1) is 16.9. The van der Waals surface area contributed by atoms with Crippen molar-refractivity contribution in [3.63, 3.8) is 0 Å². The Morgan fingerprint density at radius 2 is 1.20 bits per heavy atom. The van der Waals surface area contributed by atoms with Crippen LogP contribution in [0, 0.1) is 0 Å². The van der Waals surface area contributed by atoms with Crippen molar-refractivity contribution in [3.8, 4) is 5.75 Å². The van der Waals surface area contributed by atoms with Crippen LogP contribution < -0.4 is 10.1 Å². The van der Waals surface area contributed by atoms with E-state index in [-0.39, 0.29) is 5.57 Å². The summed E-state index contributed by atoms with van der Waals surface area (Å²) in [4.78, 5) is 23.9. The topological polar surface area (TPSA) is 73.9 Å². The first-order valence-corrected chi connectivity index (χ1v) is 13.6. The van der Waals surface area contributed by atoms with Gasteiger partial charge in [-0.1, -0.05) is 90.4 Å². The van der Waals surface area contributed by atoms with Gasteiger partial charge in [-0.3, -0.25) is 0 Å². The molecule has 0 aromatic heterocycles. The summed E-state index contributed by atoms with van der Waals surface area (Å²) >= 11 is 0. The first kappa shape index (κ1) is 28.7. The molecule has 1 heterocycles. The third-order valence-corrected chi connectivity index (χ3v) is 6.12. The van der Waals surface area contributed by atoms with Crippen molar-refractivity contribution in [2.75, 3.05) is 11.9 Å². The minimum atomic E-state index is -1.24. The highest BCUT2D eigenvalue weighted by Crippen LogP contribution is 2.23. The Bertz CT molecular complexity index is 763. The quantitative estimate of drug-likeness (QED) is 0.0990. The Morgan fingerprint density at radius 3 is 1.69 bits per heavy atom. The normalized spacial score (nSPS) is 14.9. The van der Waals surface area contributed by atoms with Crippen molar-refractivity contribution >= 4 is 17.6 Å². The van der Waals surface area contributed by atoms with Gasteiger partial charge in [0.25, 0.3) is 5.79 Å². The molecule has 0 atom stereocenters. The van der Waals surface area contributed by atoms with E-state index in [1.165, 1.54) is 104 Å². The van der Waals surface area contributed by atoms with Crippen molar-refractivity contribution in [2.24, 2.45) is 0 Å². The molecule has 1 aromatic carbocycles. The van der Waals surface area contributed by atoms with Crippen molar-refractivity contribution in [2.45, 2.75) is 116 Å². The Kier molecular flexibility index (Phi) is 13.3. The van der Waals surface area contributed by atoms with Crippen LogP contribution in [0.25, 0.3) is 0 Å². The molecule has 35 heavy (non-hydrogen) atoms. The molecule has 0 radical (unpaired) electrons. The molecule has 1 aliphatic heterocycles. The van der Waals surface area contributed by atoms with Gasteiger partial charge in [0.15, 0.2) is 5.57 Å². The van der Waals surface area contributed by atoms with Crippen LogP contribution in [-0.2, 0) is 19.1 Å². The van der Waals surface area contributed by atoms with Gasteiger partial charge in [-0.05, 0) is 30.7 Å². The lowest BCUT2D eigenvalue weighted by molar-refractivity contribution is -0.222. The van der Waals surface area contributed by atoms with E-state index in [0.717, 1.165) is 17.9 Å². The monoisotopic (exact) mass is 487 g/mol. The largest absolute Gasteiger partial charge is 0.494 e. The zero-order chi connectivity index (χ0) is 25.4. The second-order valence-corrected chi connectivity index (χ2v) is 9.85. The molecule has 196 valence electrons. The maximum Gasteiger partial charge on any atom is 0.350 e. The predicted octanol–water partition coefficient (Wildman–Crippen LogP) is 7.68. The molecule has 1 saturated heterocycles. The summed E-state index contributed by atoms with van der Waals surface area (Å²) in [5, 5.41) is 2.93. The Morgan fingerprint density at radius 1 is 0.743 bits per heavy atom. The lowest BCUT2D eigenvalue weighted by Crippen LogP contribution is -2.42. The van der Waals surface area contributed by atoms with Gasteiger partial charge in [0.2, 0.25) is 0 Å². The number of anilines is 1. The third-order valence-electron chi connectivity index (χ3n) is 6.12. The Labute approximate surface area is 211 Å². The van der Waals surface area contributed by atoms with E-state index in [2.05, 4.69) is 12.2 Å². The van der Waals surface area contributed by atoms with E-state index in [1.807, 2.05) is 24.3 Å². The van der Waals surface area contributed by atoms with Crippen LogP contribution in [0.3, 0.4) is 0 Å². The molecule has 0 saturated carbocycles. The molecular formula is C29H45NO5. The van der Waals surface area contributed by atoms with Crippen LogP contribution in [0.1, 0.15) is 111 Å². The molecule has 0 bridgehead atoms. The average Bonchev–Trinajstić information content (AvgIpc) is 2.81. The summed E-state index contributed by atoms with van der Waals surface area (Å²) in [6.07, 6.45) is 20.1. The van der Waals surface area contributed by atoms with Gasteiger partial charge in [-0.25, -0.2) is 9.59 Å². The van der Waals surface area contributed by atoms with Crippen molar-refractivity contribution in [1.29, 1.82) is 0 Å². The van der Waals surface area contributed by atoms with Gasteiger partial charge in [0, 0.05) is 25.7 Å². The second kappa shape index (κ2) is 16.2. The fourth-order valence-corrected chi connectivity index (χ4v) is 4.07. The fraction of sp³-hybridized carbons (Fsp3) is 0.655. The van der Waals surface area contributed by atoms with Gasteiger partial charge in [0.05, 0.1) is 6.61 Å². The first-order valence-electron chi connectivity index (χ1n) is 13.6. The summed E-state index contributed by atoms with van der Waals surface area (Å²) < 4.78 is 16.0. The van der Waals surface area contributed by atoms with Gasteiger partial charge in [0.1, 0.15) is 5.75 Å². The van der Waals surface area contributed by atoms with E-state index in [9.17, 15) is 9.59 Å². The predicted molar refractivity (Wildman–Crippen MR) is 140 cm³/mol. The number of hydrogen-bond acceptors (Lipinski definition) is 6. The fourth-order valence-electron chi connectivity index (χ4n) is 4.07. The second-order valence-electron chi connectivity index (χ2n) is 9.85. The Hall–Kier alpha value is -2.50. The van der Waals surface area contributed by atoms with Crippen LogP contribution >= 0.6 is 0 Å². The molecule has 0 spiro atoms. The number of unbranched alkanes of at least 4 members (excludes halogenated alkanes) is 13. The number of esters is 2. The zero-order valence-corrected chi connectivity index (χ0v) is 22.0. The van der Waals surface area contributed by atoms with E-state index in [1.54, 1.807) is 0 Å². The molecule has 0 amide bonds. The highest BCUT2D eigenvalue weighted by atomic mass is 16.7. The molecule has 6 heteroatoms. The standard InChI is InChI=1S/C29H45NO5/c1-4-5-6-7-8-9-10-11-12-13-14-15-16-17-22-33-25-20-18-24(19-21-25)30-23-26-27(31)34-29(2,3)35-28(26)32/h18-21,23,30H,4-17,22H2,1-3H3. The van der Waals surface area contributed by atoms with E-state index >= 15 is 0 Å². The number of carbonyl (C=O) groups excluding carboxylic acids is 2. The zero-order valence-electron chi connectivity index (χ0n) is 22.0. The lowest BCUT2D eigenvalue weighted by Gasteiger charge is -2.29. The number of carbonyl (C=O) groups is 2. The molecule has 6 nitrogen and oxygen atoms in total. The molecule has 1 aliphatic rings. The van der Waals surface area contributed by atoms with Crippen molar-refractivity contribution in [3.05, 3.63) is 36.0 Å². The minimum absolute atomic E-state index is 0.164. The highest BCUT2D eigenvalue weighted by molar-refractivity contribution is 6.15. The summed E-state index contributed by atoms with van der Waals surface area (Å²) in [7, 11) is 0. The minimum Gasteiger partial charge on any atom is -0.494 e. The van der Waals surface area contributed by atoms with Gasteiger partial charge in [-0.15, -0.1) is 0 Å². The lowest BCUT2D eigenvalue weighted by atomic mass is 10.0. The van der Waals surface area contributed by atoms with Crippen LogP contribution in [0.2, 0.25) is 0 Å². The third kappa shape index (κ3) is 12.1. The molecule has 1 N–H and O–H groups in total. The van der Waals surface area contributed by atoms with Crippen molar-refractivity contribution < 1.29 is 23.8 Å². The number of cyclic esters (lactones) is 2. The van der Waals surface area contributed by atoms with E-state index < -0.39 is 17.7 Å². The maximum atomic E-state index is 12.0. The average molecular weight is 488 g/mol.